The number of ether oxygens (including phenoxy) is 2. The third kappa shape index (κ3) is 3.31. The standard InChI is InChI=1S/C23H21N3O3/c1-28-19-3-4-21-17(11-19)10-18(14-29-21)23-20(27)13-26-12-16(2-5-22(26)25-23)15-6-8-24-9-7-15/h2-9,11,18H,10,12-14H2,1H3. The number of carbonyl (C=O) groups is 1. The first kappa shape index (κ1) is 17.7. The van der Waals surface area contributed by atoms with Gasteiger partial charge in [-0.2, -0.15) is 0 Å². The summed E-state index contributed by atoms with van der Waals surface area (Å²) in [6, 6.07) is 9.75. The Labute approximate surface area is 169 Å². The Morgan fingerprint density at radius 3 is 2.83 bits per heavy atom. The fourth-order valence-corrected chi connectivity index (χ4v) is 4.05. The van der Waals surface area contributed by atoms with E-state index in [2.05, 4.69) is 11.1 Å². The van der Waals surface area contributed by atoms with Crippen LogP contribution in [0.5, 0.6) is 11.5 Å². The highest BCUT2D eigenvalue weighted by atomic mass is 16.5. The second-order valence-corrected chi connectivity index (χ2v) is 7.41. The highest BCUT2D eigenvalue weighted by molar-refractivity contribution is 6.42. The summed E-state index contributed by atoms with van der Waals surface area (Å²) in [7, 11) is 1.65. The summed E-state index contributed by atoms with van der Waals surface area (Å²) < 4.78 is 11.2. The van der Waals surface area contributed by atoms with Crippen molar-refractivity contribution >= 4 is 17.1 Å². The molecule has 146 valence electrons. The van der Waals surface area contributed by atoms with Gasteiger partial charge in [0.2, 0.25) is 0 Å². The Hall–Kier alpha value is -3.41. The molecule has 0 saturated heterocycles. The molecule has 1 atom stereocenters. The van der Waals surface area contributed by atoms with Crippen molar-refractivity contribution in [3.63, 3.8) is 0 Å². The van der Waals surface area contributed by atoms with E-state index in [-0.39, 0.29) is 11.7 Å². The molecule has 5 rings (SSSR count). The normalized spacial score (nSPS) is 20.6. The number of pyridine rings is 1. The Balaban J connectivity index is 1.42. The smallest absolute Gasteiger partial charge is 0.196 e. The molecule has 0 saturated carbocycles. The van der Waals surface area contributed by atoms with Gasteiger partial charge in [0, 0.05) is 24.9 Å². The fourth-order valence-electron chi connectivity index (χ4n) is 4.05. The van der Waals surface area contributed by atoms with E-state index >= 15 is 0 Å². The van der Waals surface area contributed by atoms with Crippen LogP contribution in [0.1, 0.15) is 11.1 Å². The van der Waals surface area contributed by atoms with E-state index in [1.54, 1.807) is 19.5 Å². The van der Waals surface area contributed by atoms with E-state index in [1.807, 2.05) is 41.3 Å². The fraction of sp³-hybridized carbons (Fsp3) is 0.261. The molecule has 0 amide bonds. The zero-order valence-corrected chi connectivity index (χ0v) is 16.2. The predicted octanol–water partition coefficient (Wildman–Crippen LogP) is 2.91. The van der Waals surface area contributed by atoms with Gasteiger partial charge in [0.05, 0.1) is 26.0 Å². The lowest BCUT2D eigenvalue weighted by molar-refractivity contribution is -0.114. The molecule has 0 aliphatic carbocycles. The summed E-state index contributed by atoms with van der Waals surface area (Å²) in [6.07, 6.45) is 8.36. The molecule has 6 nitrogen and oxygen atoms in total. The van der Waals surface area contributed by atoms with Crippen LogP contribution in [-0.2, 0) is 11.2 Å². The number of hydrogen-bond donors (Lipinski definition) is 0. The van der Waals surface area contributed by atoms with E-state index in [0.717, 1.165) is 40.4 Å². The molecule has 1 unspecified atom stereocenters. The van der Waals surface area contributed by atoms with Crippen LogP contribution in [0.15, 0.2) is 65.7 Å². The first-order valence-electron chi connectivity index (χ1n) is 9.69. The van der Waals surface area contributed by atoms with Crippen LogP contribution in [0.2, 0.25) is 0 Å². The number of methoxy groups -OCH3 is 1. The Bertz CT molecular complexity index is 1060. The minimum atomic E-state index is -0.0456. The Morgan fingerprint density at radius 2 is 2.00 bits per heavy atom. The topological polar surface area (TPSA) is 64.0 Å². The number of Topliss-reactive ketones (excluding diaryl/α,β-unsaturated/α-hetero) is 1. The van der Waals surface area contributed by atoms with Crippen molar-refractivity contribution < 1.29 is 14.3 Å². The summed E-state index contributed by atoms with van der Waals surface area (Å²) in [5, 5.41) is 0. The van der Waals surface area contributed by atoms with Gasteiger partial charge in [-0.3, -0.25) is 9.78 Å². The molecule has 4 heterocycles. The molecular formula is C23H21N3O3. The number of carbonyl (C=O) groups excluding carboxylic acids is 1. The van der Waals surface area contributed by atoms with Gasteiger partial charge in [-0.15, -0.1) is 0 Å². The van der Waals surface area contributed by atoms with Crippen LogP contribution in [-0.4, -0.2) is 48.2 Å². The lowest BCUT2D eigenvalue weighted by Crippen LogP contribution is -2.44. The number of benzene rings is 1. The number of hydrogen-bond acceptors (Lipinski definition) is 6. The first-order chi connectivity index (χ1) is 14.2. The molecule has 1 aromatic carbocycles. The van der Waals surface area contributed by atoms with Crippen LogP contribution in [0, 0.1) is 5.92 Å². The average Bonchev–Trinajstić information content (AvgIpc) is 2.78. The highest BCUT2D eigenvalue weighted by Gasteiger charge is 2.34. The summed E-state index contributed by atoms with van der Waals surface area (Å²) >= 11 is 0. The third-order valence-electron chi connectivity index (χ3n) is 5.59. The van der Waals surface area contributed by atoms with Crippen molar-refractivity contribution in [2.45, 2.75) is 6.42 Å². The predicted molar refractivity (Wildman–Crippen MR) is 110 cm³/mol. The van der Waals surface area contributed by atoms with Crippen LogP contribution < -0.4 is 9.47 Å². The van der Waals surface area contributed by atoms with Crippen molar-refractivity contribution in [1.82, 2.24) is 9.88 Å². The van der Waals surface area contributed by atoms with Gasteiger partial charge in [0.1, 0.15) is 17.3 Å². The quantitative estimate of drug-likeness (QED) is 0.810. The second-order valence-electron chi connectivity index (χ2n) is 7.41. The molecule has 0 N–H and O–H groups in total. The number of rotatable bonds is 3. The molecule has 29 heavy (non-hydrogen) atoms. The van der Waals surface area contributed by atoms with Crippen molar-refractivity contribution in [2.75, 3.05) is 26.8 Å². The molecule has 0 spiro atoms. The van der Waals surface area contributed by atoms with Gasteiger partial charge in [-0.1, -0.05) is 6.08 Å². The monoisotopic (exact) mass is 387 g/mol. The van der Waals surface area contributed by atoms with Crippen molar-refractivity contribution in [3.8, 4) is 11.5 Å². The summed E-state index contributed by atoms with van der Waals surface area (Å²) in [5.41, 5.74) is 3.94. The molecule has 1 aromatic heterocycles. The highest BCUT2D eigenvalue weighted by Crippen LogP contribution is 2.33. The van der Waals surface area contributed by atoms with Crippen LogP contribution in [0.4, 0.5) is 0 Å². The molecular weight excluding hydrogens is 366 g/mol. The van der Waals surface area contributed by atoms with E-state index in [1.165, 1.54) is 0 Å². The number of allylic oxidation sites excluding steroid dienone is 2. The second kappa shape index (κ2) is 7.20. The average molecular weight is 387 g/mol. The van der Waals surface area contributed by atoms with Gasteiger partial charge in [0.15, 0.2) is 5.78 Å². The number of ketones is 1. The van der Waals surface area contributed by atoms with E-state index in [0.29, 0.717) is 25.4 Å². The third-order valence-corrected chi connectivity index (χ3v) is 5.59. The van der Waals surface area contributed by atoms with Gasteiger partial charge < -0.3 is 14.4 Å². The van der Waals surface area contributed by atoms with Gasteiger partial charge >= 0.3 is 0 Å². The largest absolute Gasteiger partial charge is 0.497 e. The Kier molecular flexibility index (Phi) is 4.39. The molecule has 3 aliphatic heterocycles. The van der Waals surface area contributed by atoms with Crippen molar-refractivity contribution in [3.05, 3.63) is 71.8 Å². The number of fused-ring (bicyclic) bond motifs is 2. The van der Waals surface area contributed by atoms with Crippen LogP contribution in [0.3, 0.4) is 0 Å². The molecule has 0 radical (unpaired) electrons. The molecule has 6 heteroatoms. The molecule has 0 bridgehead atoms. The van der Waals surface area contributed by atoms with Gasteiger partial charge in [-0.25, -0.2) is 4.99 Å². The van der Waals surface area contributed by atoms with Crippen LogP contribution in [0.25, 0.3) is 5.57 Å². The lowest BCUT2D eigenvalue weighted by Gasteiger charge is -2.34. The lowest BCUT2D eigenvalue weighted by atomic mass is 9.89. The first-order valence-corrected chi connectivity index (χ1v) is 9.69. The van der Waals surface area contributed by atoms with Gasteiger partial charge in [0.25, 0.3) is 0 Å². The maximum Gasteiger partial charge on any atom is 0.196 e. The summed E-state index contributed by atoms with van der Waals surface area (Å²) in [5.74, 6) is 2.51. The minimum absolute atomic E-state index is 0.0456. The number of nitrogens with zero attached hydrogens (tertiary/aromatic N) is 3. The van der Waals surface area contributed by atoms with Crippen molar-refractivity contribution in [2.24, 2.45) is 10.9 Å². The van der Waals surface area contributed by atoms with E-state index in [4.69, 9.17) is 14.5 Å². The maximum atomic E-state index is 12.9. The number of aliphatic imine (C=N–C) groups is 1. The number of aromatic nitrogens is 1. The Morgan fingerprint density at radius 1 is 1.14 bits per heavy atom. The SMILES string of the molecule is COc1ccc2c(c1)CC(C1=NC3=CC=C(c4ccncc4)CN3CC1=O)CO2. The van der Waals surface area contributed by atoms with Crippen LogP contribution >= 0.6 is 0 Å². The van der Waals surface area contributed by atoms with Crippen molar-refractivity contribution in [1.29, 1.82) is 0 Å². The summed E-state index contributed by atoms with van der Waals surface area (Å²) in [4.78, 5) is 23.8. The zero-order valence-electron chi connectivity index (χ0n) is 16.2. The molecule has 2 aromatic rings. The maximum absolute atomic E-state index is 12.9. The van der Waals surface area contributed by atoms with E-state index < -0.39 is 0 Å². The van der Waals surface area contributed by atoms with Gasteiger partial charge in [-0.05, 0) is 59.5 Å². The molecule has 3 aliphatic rings. The molecule has 0 fully saturated rings. The minimum Gasteiger partial charge on any atom is -0.497 e. The van der Waals surface area contributed by atoms with E-state index in [9.17, 15) is 4.79 Å². The summed E-state index contributed by atoms with van der Waals surface area (Å²) in [6.45, 7) is 1.48. The zero-order chi connectivity index (χ0) is 19.8.